The second kappa shape index (κ2) is 9.59. The Kier molecular flexibility index (Phi) is 7.47. The third-order valence-electron chi connectivity index (χ3n) is 4.89. The lowest BCUT2D eigenvalue weighted by Crippen LogP contribution is -2.33. The van der Waals surface area contributed by atoms with Crippen LogP contribution in [0.2, 0.25) is 0 Å². The van der Waals surface area contributed by atoms with E-state index in [2.05, 4.69) is 22.7 Å². The van der Waals surface area contributed by atoms with Gasteiger partial charge in [0.25, 0.3) is 0 Å². The maximum Gasteiger partial charge on any atom is 0.220 e. The van der Waals surface area contributed by atoms with Gasteiger partial charge in [0, 0.05) is 25.4 Å². The molecule has 1 atom stereocenters. The van der Waals surface area contributed by atoms with Crippen LogP contribution in [0.4, 0.5) is 0 Å². The topological polar surface area (TPSA) is 59.0 Å². The summed E-state index contributed by atoms with van der Waals surface area (Å²) in [5, 5.41) is 10.6. The van der Waals surface area contributed by atoms with E-state index in [1.165, 1.54) is 12.8 Å². The van der Waals surface area contributed by atoms with Gasteiger partial charge in [-0.2, -0.15) is 5.10 Å². The SMILES string of the molecule is CC(CC(=O)NCc1ccc(-n2cccn2)cc1)C1CCNCC1.Cl. The van der Waals surface area contributed by atoms with Gasteiger partial charge in [-0.15, -0.1) is 12.4 Å². The van der Waals surface area contributed by atoms with E-state index < -0.39 is 0 Å². The molecule has 2 aromatic rings. The summed E-state index contributed by atoms with van der Waals surface area (Å²) in [6.45, 7) is 4.95. The van der Waals surface area contributed by atoms with Crippen molar-refractivity contribution in [1.29, 1.82) is 0 Å². The summed E-state index contributed by atoms with van der Waals surface area (Å²) < 4.78 is 1.82. The van der Waals surface area contributed by atoms with Gasteiger partial charge in [-0.25, -0.2) is 4.68 Å². The van der Waals surface area contributed by atoms with Crippen molar-refractivity contribution >= 4 is 18.3 Å². The molecule has 25 heavy (non-hydrogen) atoms. The Morgan fingerprint density at radius 1 is 1.32 bits per heavy atom. The summed E-state index contributed by atoms with van der Waals surface area (Å²) in [5.74, 6) is 1.27. The van der Waals surface area contributed by atoms with E-state index in [0.29, 0.717) is 24.8 Å². The van der Waals surface area contributed by atoms with Crippen LogP contribution in [-0.4, -0.2) is 28.8 Å². The van der Waals surface area contributed by atoms with Crippen molar-refractivity contribution in [3.8, 4) is 5.69 Å². The highest BCUT2D eigenvalue weighted by molar-refractivity contribution is 5.85. The van der Waals surface area contributed by atoms with E-state index in [4.69, 9.17) is 0 Å². The van der Waals surface area contributed by atoms with Crippen molar-refractivity contribution in [2.24, 2.45) is 11.8 Å². The summed E-state index contributed by atoms with van der Waals surface area (Å²) in [7, 11) is 0. The fourth-order valence-corrected chi connectivity index (χ4v) is 3.33. The zero-order chi connectivity index (χ0) is 16.8. The first-order valence-corrected chi connectivity index (χ1v) is 8.79. The van der Waals surface area contributed by atoms with Crippen molar-refractivity contribution in [2.75, 3.05) is 13.1 Å². The van der Waals surface area contributed by atoms with Crippen LogP contribution in [0, 0.1) is 11.8 Å². The monoisotopic (exact) mass is 362 g/mol. The highest BCUT2D eigenvalue weighted by atomic mass is 35.5. The minimum atomic E-state index is 0. The number of nitrogens with zero attached hydrogens (tertiary/aromatic N) is 2. The van der Waals surface area contributed by atoms with Crippen molar-refractivity contribution in [2.45, 2.75) is 32.7 Å². The number of benzene rings is 1. The molecular formula is C19H27ClN4O. The maximum absolute atomic E-state index is 12.2. The normalized spacial score (nSPS) is 16.0. The number of rotatable bonds is 6. The third-order valence-corrected chi connectivity index (χ3v) is 4.89. The van der Waals surface area contributed by atoms with Crippen molar-refractivity contribution in [3.63, 3.8) is 0 Å². The standard InChI is InChI=1S/C19H26N4O.ClH/c1-15(17-7-10-20-11-8-17)13-19(24)21-14-16-3-5-18(6-4-16)23-12-2-9-22-23;/h2-6,9,12,15,17,20H,7-8,10-11,13-14H2,1H3,(H,21,24);1H. The molecule has 1 aromatic heterocycles. The van der Waals surface area contributed by atoms with Crippen LogP contribution >= 0.6 is 12.4 Å². The van der Waals surface area contributed by atoms with Crippen LogP contribution in [0.15, 0.2) is 42.7 Å². The third kappa shape index (κ3) is 5.58. The minimum absolute atomic E-state index is 0. The van der Waals surface area contributed by atoms with Crippen molar-refractivity contribution < 1.29 is 4.79 Å². The molecule has 1 aliphatic rings. The number of carbonyl (C=O) groups is 1. The molecule has 0 radical (unpaired) electrons. The number of halogens is 1. The lowest BCUT2D eigenvalue weighted by Gasteiger charge is -2.27. The molecule has 0 saturated carbocycles. The summed E-state index contributed by atoms with van der Waals surface area (Å²) in [4.78, 5) is 12.2. The Bertz CT molecular complexity index is 636. The maximum atomic E-state index is 12.2. The first kappa shape index (κ1) is 19.5. The largest absolute Gasteiger partial charge is 0.352 e. The molecule has 1 aromatic carbocycles. The number of amides is 1. The number of hydrogen-bond donors (Lipinski definition) is 2. The average Bonchev–Trinajstić information content (AvgIpc) is 3.16. The molecule has 0 bridgehead atoms. The van der Waals surface area contributed by atoms with Crippen molar-refractivity contribution in [1.82, 2.24) is 20.4 Å². The van der Waals surface area contributed by atoms with Gasteiger partial charge < -0.3 is 10.6 Å². The fraction of sp³-hybridized carbons (Fsp3) is 0.474. The molecular weight excluding hydrogens is 336 g/mol. The zero-order valence-corrected chi connectivity index (χ0v) is 15.5. The minimum Gasteiger partial charge on any atom is -0.352 e. The highest BCUT2D eigenvalue weighted by Crippen LogP contribution is 2.24. The van der Waals surface area contributed by atoms with Gasteiger partial charge in [-0.05, 0) is 61.5 Å². The quantitative estimate of drug-likeness (QED) is 0.830. The first-order chi connectivity index (χ1) is 11.7. The number of carbonyl (C=O) groups excluding carboxylic acids is 1. The van der Waals surface area contributed by atoms with Crippen LogP contribution in [0.1, 0.15) is 31.7 Å². The molecule has 0 aliphatic carbocycles. The zero-order valence-electron chi connectivity index (χ0n) is 14.6. The second-order valence-corrected chi connectivity index (χ2v) is 6.66. The van der Waals surface area contributed by atoms with E-state index in [0.717, 1.165) is 24.3 Å². The van der Waals surface area contributed by atoms with E-state index in [9.17, 15) is 4.79 Å². The molecule has 0 spiro atoms. The molecule has 1 amide bonds. The Morgan fingerprint density at radius 2 is 2.04 bits per heavy atom. The van der Waals surface area contributed by atoms with Crippen LogP contribution in [0.5, 0.6) is 0 Å². The Labute approximate surface area is 155 Å². The molecule has 6 heteroatoms. The number of nitrogens with one attached hydrogen (secondary N) is 2. The van der Waals surface area contributed by atoms with E-state index in [-0.39, 0.29) is 18.3 Å². The number of piperidine rings is 1. The molecule has 2 N–H and O–H groups in total. The first-order valence-electron chi connectivity index (χ1n) is 8.79. The molecule has 2 heterocycles. The number of aromatic nitrogens is 2. The van der Waals surface area contributed by atoms with Gasteiger partial charge in [0.05, 0.1) is 5.69 Å². The van der Waals surface area contributed by atoms with Gasteiger partial charge in [0.2, 0.25) is 5.91 Å². The van der Waals surface area contributed by atoms with Crippen LogP contribution < -0.4 is 10.6 Å². The van der Waals surface area contributed by atoms with Crippen LogP contribution in [-0.2, 0) is 11.3 Å². The second-order valence-electron chi connectivity index (χ2n) is 6.66. The molecule has 136 valence electrons. The Balaban J connectivity index is 0.00000225. The summed E-state index contributed by atoms with van der Waals surface area (Å²) in [6, 6.07) is 10.0. The molecule has 3 rings (SSSR count). The molecule has 1 aliphatic heterocycles. The lowest BCUT2D eigenvalue weighted by atomic mass is 9.84. The van der Waals surface area contributed by atoms with Crippen LogP contribution in [0.25, 0.3) is 5.69 Å². The van der Waals surface area contributed by atoms with Gasteiger partial charge in [-0.1, -0.05) is 19.1 Å². The van der Waals surface area contributed by atoms with Crippen molar-refractivity contribution in [3.05, 3.63) is 48.3 Å². The van der Waals surface area contributed by atoms with Gasteiger partial charge in [-0.3, -0.25) is 4.79 Å². The van der Waals surface area contributed by atoms with Gasteiger partial charge >= 0.3 is 0 Å². The highest BCUT2D eigenvalue weighted by Gasteiger charge is 2.21. The predicted octanol–water partition coefficient (Wildman–Crippen LogP) is 2.94. The smallest absolute Gasteiger partial charge is 0.220 e. The summed E-state index contributed by atoms with van der Waals surface area (Å²) in [5.41, 5.74) is 2.13. The van der Waals surface area contributed by atoms with Crippen LogP contribution in [0.3, 0.4) is 0 Å². The molecule has 5 nitrogen and oxygen atoms in total. The van der Waals surface area contributed by atoms with Gasteiger partial charge in [0.15, 0.2) is 0 Å². The Hall–Kier alpha value is -1.85. The van der Waals surface area contributed by atoms with E-state index in [1.807, 2.05) is 41.2 Å². The van der Waals surface area contributed by atoms with Gasteiger partial charge in [0.1, 0.15) is 0 Å². The van der Waals surface area contributed by atoms with E-state index in [1.54, 1.807) is 6.20 Å². The lowest BCUT2D eigenvalue weighted by molar-refractivity contribution is -0.122. The Morgan fingerprint density at radius 3 is 2.68 bits per heavy atom. The average molecular weight is 363 g/mol. The molecule has 1 saturated heterocycles. The number of hydrogen-bond acceptors (Lipinski definition) is 3. The van der Waals surface area contributed by atoms with E-state index >= 15 is 0 Å². The molecule has 1 fully saturated rings. The fourth-order valence-electron chi connectivity index (χ4n) is 3.33. The predicted molar refractivity (Wildman–Crippen MR) is 102 cm³/mol. The summed E-state index contributed by atoms with van der Waals surface area (Å²) in [6.07, 6.45) is 6.67. The molecule has 1 unspecified atom stereocenters. The summed E-state index contributed by atoms with van der Waals surface area (Å²) >= 11 is 0.